The SMILES string of the molecule is Cc1ccc2nc(-c3cc(N)c(C)c(N)c3)oc2c1. The first-order chi connectivity index (χ1) is 9.04. The fourth-order valence-corrected chi connectivity index (χ4v) is 2.04. The fraction of sp³-hybridized carbons (Fsp3) is 0.133. The van der Waals surface area contributed by atoms with Crippen LogP contribution in [0.15, 0.2) is 34.7 Å². The van der Waals surface area contributed by atoms with Gasteiger partial charge in [-0.3, -0.25) is 0 Å². The lowest BCUT2D eigenvalue weighted by molar-refractivity contribution is 0.619. The quantitative estimate of drug-likeness (QED) is 0.652. The third-order valence-corrected chi connectivity index (χ3v) is 3.28. The van der Waals surface area contributed by atoms with Crippen LogP contribution in [0, 0.1) is 13.8 Å². The maximum absolute atomic E-state index is 5.93. The first kappa shape index (κ1) is 11.6. The van der Waals surface area contributed by atoms with Crippen LogP contribution in [0.2, 0.25) is 0 Å². The van der Waals surface area contributed by atoms with E-state index in [1.807, 2.05) is 44.2 Å². The van der Waals surface area contributed by atoms with Crippen molar-refractivity contribution in [1.82, 2.24) is 4.98 Å². The van der Waals surface area contributed by atoms with E-state index < -0.39 is 0 Å². The molecule has 0 radical (unpaired) electrons. The molecule has 0 saturated heterocycles. The summed E-state index contributed by atoms with van der Waals surface area (Å²) < 4.78 is 5.76. The van der Waals surface area contributed by atoms with Gasteiger partial charge >= 0.3 is 0 Å². The van der Waals surface area contributed by atoms with Gasteiger partial charge in [0.25, 0.3) is 0 Å². The van der Waals surface area contributed by atoms with Crippen LogP contribution in [-0.4, -0.2) is 4.98 Å². The first-order valence-corrected chi connectivity index (χ1v) is 6.08. The third-order valence-electron chi connectivity index (χ3n) is 3.28. The maximum Gasteiger partial charge on any atom is 0.227 e. The molecule has 1 heterocycles. The molecule has 1 aromatic heterocycles. The highest BCUT2D eigenvalue weighted by atomic mass is 16.3. The number of nitrogen functional groups attached to an aromatic ring is 2. The molecule has 0 bridgehead atoms. The van der Waals surface area contributed by atoms with Crippen molar-refractivity contribution in [2.75, 3.05) is 11.5 Å². The molecule has 19 heavy (non-hydrogen) atoms. The fourth-order valence-electron chi connectivity index (χ4n) is 2.04. The largest absolute Gasteiger partial charge is 0.436 e. The lowest BCUT2D eigenvalue weighted by atomic mass is 10.1. The molecular formula is C15H15N3O. The van der Waals surface area contributed by atoms with E-state index >= 15 is 0 Å². The van der Waals surface area contributed by atoms with E-state index in [9.17, 15) is 0 Å². The van der Waals surface area contributed by atoms with Gasteiger partial charge in [-0.2, -0.15) is 0 Å². The van der Waals surface area contributed by atoms with Gasteiger partial charge in [-0.25, -0.2) is 4.98 Å². The van der Waals surface area contributed by atoms with Crippen molar-refractivity contribution in [3.63, 3.8) is 0 Å². The molecule has 0 fully saturated rings. The minimum absolute atomic E-state index is 0.541. The van der Waals surface area contributed by atoms with Gasteiger partial charge in [-0.05, 0) is 49.2 Å². The van der Waals surface area contributed by atoms with Crippen LogP contribution < -0.4 is 11.5 Å². The summed E-state index contributed by atoms with van der Waals surface area (Å²) in [6, 6.07) is 9.59. The van der Waals surface area contributed by atoms with E-state index in [-0.39, 0.29) is 0 Å². The molecule has 4 heteroatoms. The van der Waals surface area contributed by atoms with E-state index in [1.54, 1.807) is 0 Å². The number of hydrogen-bond acceptors (Lipinski definition) is 4. The van der Waals surface area contributed by atoms with Crippen molar-refractivity contribution in [1.29, 1.82) is 0 Å². The minimum Gasteiger partial charge on any atom is -0.436 e. The van der Waals surface area contributed by atoms with E-state index in [4.69, 9.17) is 15.9 Å². The third kappa shape index (κ3) is 1.91. The summed E-state index contributed by atoms with van der Waals surface area (Å²) in [6.45, 7) is 3.91. The Balaban J connectivity index is 2.19. The average molecular weight is 253 g/mol. The minimum atomic E-state index is 0.541. The Morgan fingerprint density at radius 3 is 2.37 bits per heavy atom. The van der Waals surface area contributed by atoms with Crippen molar-refractivity contribution < 1.29 is 4.42 Å². The molecular weight excluding hydrogens is 238 g/mol. The number of benzene rings is 2. The molecule has 0 spiro atoms. The zero-order valence-corrected chi connectivity index (χ0v) is 10.9. The zero-order valence-electron chi connectivity index (χ0n) is 10.9. The number of nitrogens with two attached hydrogens (primary N) is 2. The smallest absolute Gasteiger partial charge is 0.227 e. The van der Waals surface area contributed by atoms with Gasteiger partial charge in [0.1, 0.15) is 5.52 Å². The van der Waals surface area contributed by atoms with Crippen LogP contribution in [0.5, 0.6) is 0 Å². The Bertz CT molecular complexity index is 751. The van der Waals surface area contributed by atoms with Crippen LogP contribution in [-0.2, 0) is 0 Å². The van der Waals surface area contributed by atoms with E-state index in [1.165, 1.54) is 0 Å². The molecule has 0 amide bonds. The van der Waals surface area contributed by atoms with Gasteiger partial charge in [-0.1, -0.05) is 6.07 Å². The average Bonchev–Trinajstić information content (AvgIpc) is 2.78. The summed E-state index contributed by atoms with van der Waals surface area (Å²) in [5.41, 5.74) is 17.6. The lowest BCUT2D eigenvalue weighted by Crippen LogP contribution is -1.96. The van der Waals surface area contributed by atoms with E-state index in [0.717, 1.165) is 27.8 Å². The second-order valence-corrected chi connectivity index (χ2v) is 4.77. The highest BCUT2D eigenvalue weighted by molar-refractivity contribution is 5.79. The highest BCUT2D eigenvalue weighted by Gasteiger charge is 2.11. The highest BCUT2D eigenvalue weighted by Crippen LogP contribution is 2.30. The van der Waals surface area contributed by atoms with Crippen LogP contribution in [0.3, 0.4) is 0 Å². The van der Waals surface area contributed by atoms with Gasteiger partial charge in [0.2, 0.25) is 5.89 Å². The molecule has 2 aromatic carbocycles. The van der Waals surface area contributed by atoms with Crippen molar-refractivity contribution in [2.24, 2.45) is 0 Å². The number of aromatic nitrogens is 1. The molecule has 4 nitrogen and oxygen atoms in total. The summed E-state index contributed by atoms with van der Waals surface area (Å²) in [4.78, 5) is 4.46. The van der Waals surface area contributed by atoms with Crippen LogP contribution in [0.25, 0.3) is 22.6 Å². The van der Waals surface area contributed by atoms with E-state index in [0.29, 0.717) is 17.3 Å². The second kappa shape index (κ2) is 4.02. The molecule has 0 aliphatic rings. The predicted octanol–water partition coefficient (Wildman–Crippen LogP) is 3.28. The molecule has 4 N–H and O–H groups in total. The maximum atomic E-state index is 5.93. The Hall–Kier alpha value is -2.49. The number of fused-ring (bicyclic) bond motifs is 1. The van der Waals surface area contributed by atoms with Gasteiger partial charge in [0.05, 0.1) is 0 Å². The van der Waals surface area contributed by atoms with Crippen molar-refractivity contribution in [2.45, 2.75) is 13.8 Å². The monoisotopic (exact) mass is 253 g/mol. The second-order valence-electron chi connectivity index (χ2n) is 4.77. The number of rotatable bonds is 1. The van der Waals surface area contributed by atoms with Gasteiger partial charge in [-0.15, -0.1) is 0 Å². The summed E-state index contributed by atoms with van der Waals surface area (Å²) in [7, 11) is 0. The standard InChI is InChI=1S/C15H15N3O/c1-8-3-4-13-14(5-8)19-15(18-13)10-6-11(16)9(2)12(17)7-10/h3-7H,16-17H2,1-2H3. The summed E-state index contributed by atoms with van der Waals surface area (Å²) in [6.07, 6.45) is 0. The number of nitrogens with zero attached hydrogens (tertiary/aromatic N) is 1. The lowest BCUT2D eigenvalue weighted by Gasteiger charge is -2.05. The Kier molecular flexibility index (Phi) is 2.45. The molecule has 96 valence electrons. The van der Waals surface area contributed by atoms with E-state index in [2.05, 4.69) is 4.98 Å². The van der Waals surface area contributed by atoms with Gasteiger partial charge in [0.15, 0.2) is 5.58 Å². The zero-order chi connectivity index (χ0) is 13.6. The summed E-state index contributed by atoms with van der Waals surface area (Å²) in [5, 5.41) is 0. The molecule has 0 saturated carbocycles. The number of hydrogen-bond donors (Lipinski definition) is 2. The van der Waals surface area contributed by atoms with Crippen LogP contribution in [0.4, 0.5) is 11.4 Å². The molecule has 0 atom stereocenters. The number of aryl methyl sites for hydroxylation is 1. The number of anilines is 2. The first-order valence-electron chi connectivity index (χ1n) is 6.08. The Morgan fingerprint density at radius 2 is 1.68 bits per heavy atom. The summed E-state index contributed by atoms with van der Waals surface area (Å²) >= 11 is 0. The van der Waals surface area contributed by atoms with Crippen molar-refractivity contribution in [3.05, 3.63) is 41.5 Å². The molecule has 0 unspecified atom stereocenters. The molecule has 3 aromatic rings. The normalized spacial score (nSPS) is 11.1. The van der Waals surface area contributed by atoms with Gasteiger partial charge in [0, 0.05) is 16.9 Å². The summed E-state index contributed by atoms with van der Waals surface area (Å²) in [5.74, 6) is 0.541. The van der Waals surface area contributed by atoms with Crippen molar-refractivity contribution >= 4 is 22.5 Å². The Morgan fingerprint density at radius 1 is 1.00 bits per heavy atom. The van der Waals surface area contributed by atoms with Crippen LogP contribution in [0.1, 0.15) is 11.1 Å². The Labute approximate surface area is 111 Å². The number of oxazole rings is 1. The molecule has 0 aliphatic carbocycles. The molecule has 3 rings (SSSR count). The van der Waals surface area contributed by atoms with Crippen molar-refractivity contribution in [3.8, 4) is 11.5 Å². The molecule has 0 aliphatic heterocycles. The van der Waals surface area contributed by atoms with Gasteiger partial charge < -0.3 is 15.9 Å². The predicted molar refractivity (Wildman–Crippen MR) is 77.7 cm³/mol. The van der Waals surface area contributed by atoms with Crippen LogP contribution >= 0.6 is 0 Å². The topological polar surface area (TPSA) is 78.1 Å².